The highest BCUT2D eigenvalue weighted by Gasteiger charge is 2.18. The highest BCUT2D eigenvalue weighted by atomic mass is 19.3. The van der Waals surface area contributed by atoms with Gasteiger partial charge in [-0.2, -0.15) is 0 Å². The number of aryl methyl sites for hydroxylation is 1. The van der Waals surface area contributed by atoms with Crippen molar-refractivity contribution < 1.29 is 8.78 Å². The summed E-state index contributed by atoms with van der Waals surface area (Å²) in [7, 11) is 0. The van der Waals surface area contributed by atoms with Gasteiger partial charge >= 0.3 is 0 Å². The van der Waals surface area contributed by atoms with Crippen molar-refractivity contribution in [1.82, 2.24) is 0 Å². The second-order valence-corrected chi connectivity index (χ2v) is 3.76. The van der Waals surface area contributed by atoms with E-state index < -0.39 is 6.43 Å². The van der Waals surface area contributed by atoms with Gasteiger partial charge in [0.1, 0.15) is 0 Å². The van der Waals surface area contributed by atoms with Gasteiger partial charge in [0.05, 0.1) is 0 Å². The van der Waals surface area contributed by atoms with Crippen molar-refractivity contribution in [2.75, 3.05) is 0 Å². The summed E-state index contributed by atoms with van der Waals surface area (Å²) in [5.74, 6) is 0. The molecule has 14 heavy (non-hydrogen) atoms. The normalized spacial score (nSPS) is 21.0. The Kier molecular flexibility index (Phi) is 2.50. The largest absolute Gasteiger partial charge is 0.324 e. The molecule has 1 nitrogen and oxygen atoms in total. The minimum absolute atomic E-state index is 0.0579. The molecule has 0 unspecified atom stereocenters. The lowest BCUT2D eigenvalue weighted by atomic mass is 9.87. The fourth-order valence-electron chi connectivity index (χ4n) is 1.99. The lowest BCUT2D eigenvalue weighted by Crippen LogP contribution is -2.17. The molecule has 76 valence electrons. The smallest absolute Gasteiger partial charge is 0.263 e. The third-order valence-corrected chi connectivity index (χ3v) is 2.78. The number of alkyl halides is 2. The van der Waals surface area contributed by atoms with Crippen molar-refractivity contribution in [2.45, 2.75) is 31.7 Å². The Balaban J connectivity index is 2.41. The monoisotopic (exact) mass is 197 g/mol. The molecule has 0 bridgehead atoms. The van der Waals surface area contributed by atoms with Crippen LogP contribution in [-0.2, 0) is 6.42 Å². The molecule has 0 saturated carbocycles. The molecule has 2 N–H and O–H groups in total. The van der Waals surface area contributed by atoms with Crippen LogP contribution in [0.5, 0.6) is 0 Å². The molecular weight excluding hydrogens is 184 g/mol. The van der Waals surface area contributed by atoms with Gasteiger partial charge in [0.2, 0.25) is 0 Å². The molecule has 2 rings (SSSR count). The number of rotatable bonds is 1. The average molecular weight is 197 g/mol. The molecule has 0 fully saturated rings. The predicted molar refractivity (Wildman–Crippen MR) is 51.3 cm³/mol. The zero-order valence-corrected chi connectivity index (χ0v) is 7.84. The topological polar surface area (TPSA) is 26.0 Å². The third kappa shape index (κ3) is 1.64. The van der Waals surface area contributed by atoms with Crippen molar-refractivity contribution in [2.24, 2.45) is 5.73 Å². The quantitative estimate of drug-likeness (QED) is 0.735. The third-order valence-electron chi connectivity index (χ3n) is 2.78. The first-order chi connectivity index (χ1) is 6.68. The molecule has 0 spiro atoms. The van der Waals surface area contributed by atoms with E-state index in [1.807, 2.05) is 0 Å². The summed E-state index contributed by atoms with van der Waals surface area (Å²) in [4.78, 5) is 0. The zero-order chi connectivity index (χ0) is 10.1. The molecule has 1 aliphatic carbocycles. The van der Waals surface area contributed by atoms with Gasteiger partial charge in [0.25, 0.3) is 6.43 Å². The van der Waals surface area contributed by atoms with Crippen LogP contribution in [0.4, 0.5) is 8.78 Å². The van der Waals surface area contributed by atoms with Crippen LogP contribution in [-0.4, -0.2) is 0 Å². The molecule has 0 aliphatic heterocycles. The summed E-state index contributed by atoms with van der Waals surface area (Å²) in [5, 5.41) is 0. The number of benzene rings is 1. The second kappa shape index (κ2) is 3.65. The first-order valence-corrected chi connectivity index (χ1v) is 4.85. The molecular formula is C11H13F2N. The van der Waals surface area contributed by atoms with Crippen LogP contribution in [0.2, 0.25) is 0 Å². The Hall–Kier alpha value is -0.960. The van der Waals surface area contributed by atoms with E-state index in [-0.39, 0.29) is 11.6 Å². The van der Waals surface area contributed by atoms with Gasteiger partial charge in [-0.1, -0.05) is 12.1 Å². The predicted octanol–water partition coefficient (Wildman–Crippen LogP) is 2.96. The maximum atomic E-state index is 12.4. The van der Waals surface area contributed by atoms with Crippen LogP contribution in [0.15, 0.2) is 18.2 Å². The SMILES string of the molecule is N[C@@H]1CCCc2ccc(C(F)F)cc21. The molecule has 0 saturated heterocycles. The zero-order valence-electron chi connectivity index (χ0n) is 7.84. The molecule has 0 heterocycles. The molecule has 1 aliphatic rings. The number of hydrogen-bond acceptors (Lipinski definition) is 1. The summed E-state index contributed by atoms with van der Waals surface area (Å²) < 4.78 is 24.8. The Morgan fingerprint density at radius 1 is 1.36 bits per heavy atom. The first-order valence-electron chi connectivity index (χ1n) is 4.85. The van der Waals surface area contributed by atoms with E-state index in [2.05, 4.69) is 0 Å². The van der Waals surface area contributed by atoms with Gasteiger partial charge in [-0.25, -0.2) is 8.78 Å². The summed E-state index contributed by atoms with van der Waals surface area (Å²) in [6.07, 6.45) is 0.531. The summed E-state index contributed by atoms with van der Waals surface area (Å²) in [5.41, 5.74) is 8.00. The number of hydrogen-bond donors (Lipinski definition) is 1. The van der Waals surface area contributed by atoms with Crippen LogP contribution < -0.4 is 5.73 Å². The molecule has 1 atom stereocenters. The van der Waals surface area contributed by atoms with Crippen LogP contribution in [0.1, 0.15) is 42.0 Å². The van der Waals surface area contributed by atoms with Crippen LogP contribution in [0.25, 0.3) is 0 Å². The molecule has 0 radical (unpaired) electrons. The molecule has 1 aromatic carbocycles. The summed E-state index contributed by atoms with van der Waals surface area (Å²) >= 11 is 0. The highest BCUT2D eigenvalue weighted by molar-refractivity contribution is 5.36. The van der Waals surface area contributed by atoms with Gasteiger partial charge in [-0.3, -0.25) is 0 Å². The molecule has 3 heteroatoms. The maximum absolute atomic E-state index is 12.4. The van der Waals surface area contributed by atoms with E-state index in [0.29, 0.717) is 0 Å². The lowest BCUT2D eigenvalue weighted by molar-refractivity contribution is 0.151. The fourth-order valence-corrected chi connectivity index (χ4v) is 1.99. The van der Waals surface area contributed by atoms with Gasteiger partial charge in [-0.05, 0) is 36.5 Å². The van der Waals surface area contributed by atoms with E-state index in [9.17, 15) is 8.78 Å². The van der Waals surface area contributed by atoms with E-state index in [4.69, 9.17) is 5.73 Å². The van der Waals surface area contributed by atoms with E-state index in [0.717, 1.165) is 30.4 Å². The molecule has 0 aromatic heterocycles. The van der Waals surface area contributed by atoms with Crippen molar-refractivity contribution in [3.05, 3.63) is 34.9 Å². The van der Waals surface area contributed by atoms with Crippen molar-refractivity contribution in [3.63, 3.8) is 0 Å². The molecule has 1 aromatic rings. The maximum Gasteiger partial charge on any atom is 0.263 e. The van der Waals surface area contributed by atoms with Crippen LogP contribution >= 0.6 is 0 Å². The van der Waals surface area contributed by atoms with Crippen molar-refractivity contribution in [1.29, 1.82) is 0 Å². The Morgan fingerprint density at radius 2 is 2.14 bits per heavy atom. The van der Waals surface area contributed by atoms with Gasteiger partial charge in [0.15, 0.2) is 0 Å². The minimum atomic E-state index is -2.39. The Morgan fingerprint density at radius 3 is 2.86 bits per heavy atom. The summed E-state index contributed by atoms with van der Waals surface area (Å²) in [6, 6.07) is 4.79. The second-order valence-electron chi connectivity index (χ2n) is 3.76. The summed E-state index contributed by atoms with van der Waals surface area (Å²) in [6.45, 7) is 0. The van der Waals surface area contributed by atoms with Gasteiger partial charge < -0.3 is 5.73 Å². The van der Waals surface area contributed by atoms with Gasteiger partial charge in [0, 0.05) is 11.6 Å². The average Bonchev–Trinajstić information content (AvgIpc) is 2.18. The minimum Gasteiger partial charge on any atom is -0.324 e. The van der Waals surface area contributed by atoms with Crippen LogP contribution in [0, 0.1) is 0 Å². The van der Waals surface area contributed by atoms with Gasteiger partial charge in [-0.15, -0.1) is 0 Å². The van der Waals surface area contributed by atoms with Crippen LogP contribution in [0.3, 0.4) is 0 Å². The number of fused-ring (bicyclic) bond motifs is 1. The van der Waals surface area contributed by atoms with E-state index in [1.165, 1.54) is 6.07 Å². The van der Waals surface area contributed by atoms with Crippen molar-refractivity contribution in [3.8, 4) is 0 Å². The fraction of sp³-hybridized carbons (Fsp3) is 0.455. The highest BCUT2D eigenvalue weighted by Crippen LogP contribution is 2.31. The Labute approximate surface area is 81.9 Å². The Bertz CT molecular complexity index is 336. The molecule has 0 amide bonds. The standard InChI is InChI=1S/C11H13F2N/c12-11(13)8-5-4-7-2-1-3-10(14)9(7)6-8/h4-6,10-11H,1-3,14H2/t10-/m1/s1. The van der Waals surface area contributed by atoms with E-state index >= 15 is 0 Å². The first kappa shape index (κ1) is 9.59. The van der Waals surface area contributed by atoms with E-state index in [1.54, 1.807) is 12.1 Å². The number of halogens is 2. The number of nitrogens with two attached hydrogens (primary N) is 1. The lowest BCUT2D eigenvalue weighted by Gasteiger charge is -2.22. The van der Waals surface area contributed by atoms with Crippen molar-refractivity contribution >= 4 is 0 Å².